The predicted molar refractivity (Wildman–Crippen MR) is 127 cm³/mol. The minimum absolute atomic E-state index is 0.0963. The molecule has 4 rings (SSSR count). The first kappa shape index (κ1) is 29.0. The Morgan fingerprint density at radius 2 is 1.59 bits per heavy atom. The minimum Gasteiger partial charge on any atom is -0.349 e. The Kier molecular flexibility index (Phi) is 8.64. The highest BCUT2D eigenvalue weighted by Crippen LogP contribution is 2.40. The van der Waals surface area contributed by atoms with E-state index in [0.717, 1.165) is 5.56 Å². The predicted octanol–water partition coefficient (Wildman–Crippen LogP) is 5.85. The topological polar surface area (TPSA) is 63.9 Å². The molecule has 3 aromatic rings. The number of halogens is 6. The molecule has 0 radical (unpaired) electrons. The van der Waals surface area contributed by atoms with E-state index < -0.39 is 41.9 Å². The molecule has 0 aliphatic carbocycles. The van der Waals surface area contributed by atoms with Gasteiger partial charge >= 0.3 is 12.4 Å². The van der Waals surface area contributed by atoms with Crippen LogP contribution in [0.5, 0.6) is 0 Å². The maximum atomic E-state index is 13.4. The number of rotatable bonds is 8. The molecule has 39 heavy (non-hydrogen) atoms. The number of ether oxygens (including phenoxy) is 2. The van der Waals surface area contributed by atoms with Crippen LogP contribution in [0.1, 0.15) is 52.7 Å². The summed E-state index contributed by atoms with van der Waals surface area (Å²) in [5.74, 6) is 0. The third-order valence-corrected chi connectivity index (χ3v) is 6.32. The number of hydrogen-bond acceptors (Lipinski definition) is 7. The number of benzene rings is 2. The van der Waals surface area contributed by atoms with Gasteiger partial charge in [0.25, 0.3) is 0 Å². The Morgan fingerprint density at radius 3 is 2.18 bits per heavy atom. The first-order valence-corrected chi connectivity index (χ1v) is 12.1. The lowest BCUT2D eigenvalue weighted by Gasteiger charge is -2.41. The van der Waals surface area contributed by atoms with Crippen molar-refractivity contribution in [2.45, 2.75) is 50.8 Å². The Bertz CT molecular complexity index is 1200. The van der Waals surface area contributed by atoms with Crippen molar-refractivity contribution in [1.82, 2.24) is 20.1 Å². The van der Waals surface area contributed by atoms with Crippen molar-refractivity contribution in [2.24, 2.45) is 0 Å². The molecule has 1 aliphatic heterocycles. The van der Waals surface area contributed by atoms with Crippen LogP contribution in [0, 0.1) is 0 Å². The molecule has 1 aromatic heterocycles. The molecule has 7 nitrogen and oxygen atoms in total. The van der Waals surface area contributed by atoms with Crippen molar-refractivity contribution in [3.63, 3.8) is 0 Å². The fraction of sp³-hybridized carbons (Fsp3) is 0.462. The summed E-state index contributed by atoms with van der Waals surface area (Å²) < 4.78 is 97.5. The van der Waals surface area contributed by atoms with Gasteiger partial charge in [0.2, 0.25) is 0 Å². The van der Waals surface area contributed by atoms with E-state index in [0.29, 0.717) is 43.2 Å². The molecule has 1 fully saturated rings. The van der Waals surface area contributed by atoms with Crippen molar-refractivity contribution < 1.29 is 40.4 Å². The quantitative estimate of drug-likeness (QED) is 0.322. The largest absolute Gasteiger partial charge is 0.416 e. The van der Waals surface area contributed by atoms with Gasteiger partial charge in [0, 0.05) is 19.6 Å². The van der Waals surface area contributed by atoms with Gasteiger partial charge in [-0.3, -0.25) is 4.90 Å². The molecule has 3 atom stereocenters. The Balaban J connectivity index is 1.64. The number of alkyl halides is 6. The summed E-state index contributed by atoms with van der Waals surface area (Å²) in [6.45, 7) is 2.88. The molecule has 212 valence electrons. The number of nitrogens with zero attached hydrogens (tertiary/aromatic N) is 4. The Hall–Kier alpha value is -3.00. The van der Waals surface area contributed by atoms with Gasteiger partial charge in [0.1, 0.15) is 11.4 Å². The number of morpholine rings is 1. The second-order valence-corrected chi connectivity index (χ2v) is 9.58. The van der Waals surface area contributed by atoms with Gasteiger partial charge in [-0.15, -0.1) is 0 Å². The average Bonchev–Trinajstić information content (AvgIpc) is 3.29. The molecule has 0 amide bonds. The van der Waals surface area contributed by atoms with Gasteiger partial charge in [-0.25, -0.2) is 4.63 Å². The van der Waals surface area contributed by atoms with Crippen molar-refractivity contribution in [1.29, 1.82) is 0 Å². The fourth-order valence-corrected chi connectivity index (χ4v) is 4.45. The molecule has 0 N–H and O–H groups in total. The van der Waals surface area contributed by atoms with Crippen LogP contribution in [-0.4, -0.2) is 53.7 Å². The summed E-state index contributed by atoms with van der Waals surface area (Å²) in [6, 6.07) is 10.1. The van der Waals surface area contributed by atoms with E-state index in [-0.39, 0.29) is 18.2 Å². The van der Waals surface area contributed by atoms with E-state index >= 15 is 0 Å². The lowest BCUT2D eigenvalue weighted by molar-refractivity contribution is -0.231. The van der Waals surface area contributed by atoms with Gasteiger partial charge < -0.3 is 14.4 Å². The lowest BCUT2D eigenvalue weighted by atomic mass is 10.0. The van der Waals surface area contributed by atoms with Gasteiger partial charge in [-0.05, 0) is 50.3 Å². The third kappa shape index (κ3) is 7.15. The summed E-state index contributed by atoms with van der Waals surface area (Å²) in [5, 5.41) is 8.02. The van der Waals surface area contributed by atoms with E-state index in [2.05, 4.69) is 10.3 Å². The molecule has 1 saturated heterocycles. The maximum absolute atomic E-state index is 13.4. The Morgan fingerprint density at radius 1 is 0.974 bits per heavy atom. The summed E-state index contributed by atoms with van der Waals surface area (Å²) in [6.07, 6.45) is -12.1. The van der Waals surface area contributed by atoms with Crippen molar-refractivity contribution >= 4 is 0 Å². The standard InChI is InChI=1S/C26H28F6N4O3/c1-16(18-11-19(25(27,28)29)13-20(12-18)26(30,31)32)38-24-23(17-7-5-4-6-8-17)36(9-10-37-24)15-22-21(14-35(2)3)33-39-34-22/h4-8,11-13,16,23-24H,9-10,14-15H2,1-3H3. The summed E-state index contributed by atoms with van der Waals surface area (Å²) in [7, 11) is 3.76. The first-order chi connectivity index (χ1) is 18.3. The van der Waals surface area contributed by atoms with Gasteiger partial charge in [0.05, 0.1) is 29.9 Å². The lowest BCUT2D eigenvalue weighted by Crippen LogP contribution is -2.46. The van der Waals surface area contributed by atoms with E-state index in [1.165, 1.54) is 6.92 Å². The highest BCUT2D eigenvalue weighted by molar-refractivity contribution is 5.34. The minimum atomic E-state index is -4.96. The Labute approximate surface area is 221 Å². The molecular formula is C26H28F6N4O3. The molecule has 2 heterocycles. The fourth-order valence-electron chi connectivity index (χ4n) is 4.45. The number of hydrogen-bond donors (Lipinski definition) is 0. The van der Waals surface area contributed by atoms with Gasteiger partial charge in [-0.1, -0.05) is 40.6 Å². The summed E-state index contributed by atoms with van der Waals surface area (Å²) in [4.78, 5) is 3.93. The number of aromatic nitrogens is 2. The molecule has 0 spiro atoms. The van der Waals surface area contributed by atoms with Crippen LogP contribution in [0.4, 0.5) is 26.3 Å². The molecule has 0 saturated carbocycles. The monoisotopic (exact) mass is 558 g/mol. The second-order valence-electron chi connectivity index (χ2n) is 9.58. The maximum Gasteiger partial charge on any atom is 0.416 e. The smallest absolute Gasteiger partial charge is 0.349 e. The molecular weight excluding hydrogens is 530 g/mol. The second kappa shape index (κ2) is 11.6. The van der Waals surface area contributed by atoms with Crippen LogP contribution in [0.2, 0.25) is 0 Å². The van der Waals surface area contributed by atoms with E-state index in [1.807, 2.05) is 54.2 Å². The third-order valence-electron chi connectivity index (χ3n) is 6.32. The van der Waals surface area contributed by atoms with Gasteiger partial charge in [0.15, 0.2) is 6.29 Å². The molecule has 0 bridgehead atoms. The summed E-state index contributed by atoms with van der Waals surface area (Å²) >= 11 is 0. The SMILES string of the molecule is CC(OC1OCCN(Cc2nonc2CN(C)C)C1c1ccccc1)c1cc(C(F)(F)F)cc(C(F)(F)F)c1. The van der Waals surface area contributed by atoms with E-state index in [9.17, 15) is 26.3 Å². The van der Waals surface area contributed by atoms with Crippen molar-refractivity contribution in [3.05, 3.63) is 82.2 Å². The highest BCUT2D eigenvalue weighted by Gasteiger charge is 2.39. The normalized spacial score (nSPS) is 19.9. The van der Waals surface area contributed by atoms with Gasteiger partial charge in [-0.2, -0.15) is 26.3 Å². The van der Waals surface area contributed by atoms with Crippen LogP contribution in [0.3, 0.4) is 0 Å². The van der Waals surface area contributed by atoms with Crippen LogP contribution in [0.25, 0.3) is 0 Å². The van der Waals surface area contributed by atoms with Crippen LogP contribution in [-0.2, 0) is 34.9 Å². The molecule has 1 aliphatic rings. The molecule has 13 heteroatoms. The van der Waals surface area contributed by atoms with Crippen LogP contribution in [0.15, 0.2) is 53.2 Å². The van der Waals surface area contributed by atoms with Crippen molar-refractivity contribution in [2.75, 3.05) is 27.2 Å². The van der Waals surface area contributed by atoms with E-state index in [1.54, 1.807) is 0 Å². The first-order valence-electron chi connectivity index (χ1n) is 12.1. The summed E-state index contributed by atoms with van der Waals surface area (Å²) in [5.41, 5.74) is -1.03. The van der Waals surface area contributed by atoms with Crippen LogP contribution < -0.4 is 0 Å². The zero-order chi connectivity index (χ0) is 28.4. The van der Waals surface area contributed by atoms with Crippen molar-refractivity contribution in [3.8, 4) is 0 Å². The zero-order valence-corrected chi connectivity index (χ0v) is 21.5. The average molecular weight is 559 g/mol. The molecule has 3 unspecified atom stereocenters. The zero-order valence-electron chi connectivity index (χ0n) is 21.5. The van der Waals surface area contributed by atoms with E-state index in [4.69, 9.17) is 14.1 Å². The molecule has 2 aromatic carbocycles. The van der Waals surface area contributed by atoms with Crippen LogP contribution >= 0.6 is 0 Å². The highest BCUT2D eigenvalue weighted by atomic mass is 19.4.